The Morgan fingerprint density at radius 3 is 2.69 bits per heavy atom. The Labute approximate surface area is 104 Å². The van der Waals surface area contributed by atoms with Gasteiger partial charge in [-0.2, -0.15) is 0 Å². The monoisotopic (exact) mass is 290 g/mol. The number of aromatic carboxylic acids is 1. The lowest BCUT2D eigenvalue weighted by atomic mass is 10.2. The number of carbonyl (C=O) groups is 1. The topological polar surface area (TPSA) is 66.6 Å². The molecule has 0 saturated carbocycles. The van der Waals surface area contributed by atoms with Crippen molar-refractivity contribution in [1.82, 2.24) is 10.1 Å². The van der Waals surface area contributed by atoms with E-state index in [-0.39, 0.29) is 22.7 Å². The van der Waals surface area contributed by atoms with Crippen LogP contribution in [-0.2, 0) is 6.54 Å². The summed E-state index contributed by atoms with van der Waals surface area (Å²) in [6, 6.07) is 0. The summed E-state index contributed by atoms with van der Waals surface area (Å²) in [5.41, 5.74) is 0.767. The van der Waals surface area contributed by atoms with Gasteiger partial charge in [-0.15, -0.1) is 17.0 Å². The maximum atomic E-state index is 10.9. The van der Waals surface area contributed by atoms with Gasteiger partial charge in [-0.25, -0.2) is 4.79 Å². The molecule has 2 heterocycles. The molecule has 0 unspecified atom stereocenters. The van der Waals surface area contributed by atoms with Gasteiger partial charge in [0.25, 0.3) is 0 Å². The summed E-state index contributed by atoms with van der Waals surface area (Å²) < 4.78 is 4.91. The molecule has 1 aromatic heterocycles. The van der Waals surface area contributed by atoms with Crippen LogP contribution in [0.15, 0.2) is 4.52 Å². The van der Waals surface area contributed by atoms with Crippen LogP contribution < -0.4 is 0 Å². The fourth-order valence-corrected chi connectivity index (χ4v) is 1.91. The first-order valence-corrected chi connectivity index (χ1v) is 5.09. The van der Waals surface area contributed by atoms with Crippen LogP contribution in [-0.4, -0.2) is 34.2 Å². The van der Waals surface area contributed by atoms with E-state index in [2.05, 4.69) is 10.1 Å². The highest BCUT2D eigenvalue weighted by molar-refractivity contribution is 8.93. The van der Waals surface area contributed by atoms with Gasteiger partial charge in [0.05, 0.1) is 0 Å². The molecule has 16 heavy (non-hydrogen) atoms. The molecule has 1 saturated heterocycles. The zero-order chi connectivity index (χ0) is 10.8. The highest BCUT2D eigenvalue weighted by Gasteiger charge is 2.22. The third-order valence-electron chi connectivity index (χ3n) is 2.77. The third-order valence-corrected chi connectivity index (χ3v) is 2.77. The molecular formula is C10H15BrN2O3. The van der Waals surface area contributed by atoms with E-state index >= 15 is 0 Å². The molecule has 0 atom stereocenters. The largest absolute Gasteiger partial charge is 0.476 e. The Bertz CT molecular complexity index is 372. The van der Waals surface area contributed by atoms with Crippen LogP contribution in [0, 0.1) is 6.92 Å². The molecule has 0 radical (unpaired) electrons. The summed E-state index contributed by atoms with van der Waals surface area (Å²) in [5.74, 6) is -0.402. The molecule has 1 aliphatic rings. The van der Waals surface area contributed by atoms with Crippen LogP contribution in [0.2, 0.25) is 0 Å². The number of hydrogen-bond acceptors (Lipinski definition) is 4. The lowest BCUT2D eigenvalue weighted by Gasteiger charge is -2.13. The molecule has 0 bridgehead atoms. The maximum Gasteiger partial charge on any atom is 0.358 e. The second kappa shape index (κ2) is 5.45. The van der Waals surface area contributed by atoms with E-state index in [4.69, 9.17) is 9.63 Å². The molecule has 0 aromatic carbocycles. The molecule has 0 aliphatic carbocycles. The minimum atomic E-state index is -1.01. The van der Waals surface area contributed by atoms with E-state index in [1.807, 2.05) is 0 Å². The van der Waals surface area contributed by atoms with Gasteiger partial charge in [0.15, 0.2) is 5.69 Å². The van der Waals surface area contributed by atoms with Crippen LogP contribution in [0.25, 0.3) is 0 Å². The Kier molecular flexibility index (Phi) is 4.49. The van der Waals surface area contributed by atoms with Gasteiger partial charge in [-0.1, -0.05) is 5.16 Å². The Balaban J connectivity index is 0.00000128. The number of aromatic nitrogens is 1. The number of halogens is 1. The van der Waals surface area contributed by atoms with E-state index < -0.39 is 5.97 Å². The van der Waals surface area contributed by atoms with Crippen LogP contribution in [0.3, 0.4) is 0 Å². The van der Waals surface area contributed by atoms with E-state index in [1.54, 1.807) is 6.92 Å². The summed E-state index contributed by atoms with van der Waals surface area (Å²) in [4.78, 5) is 13.1. The second-order valence-electron chi connectivity index (χ2n) is 3.85. The van der Waals surface area contributed by atoms with E-state index in [0.717, 1.165) is 13.1 Å². The summed E-state index contributed by atoms with van der Waals surface area (Å²) in [5, 5.41) is 12.5. The summed E-state index contributed by atoms with van der Waals surface area (Å²) >= 11 is 0. The number of hydrogen-bond donors (Lipinski definition) is 1. The summed E-state index contributed by atoms with van der Waals surface area (Å²) in [6.45, 7) is 4.45. The number of nitrogens with zero attached hydrogens (tertiary/aromatic N) is 2. The van der Waals surface area contributed by atoms with Crippen molar-refractivity contribution in [1.29, 1.82) is 0 Å². The molecule has 0 spiro atoms. The number of carboxylic acid groups (broad SMARTS) is 1. The summed E-state index contributed by atoms with van der Waals surface area (Å²) in [7, 11) is 0. The van der Waals surface area contributed by atoms with Crippen molar-refractivity contribution in [3.63, 3.8) is 0 Å². The number of aryl methyl sites for hydroxylation is 1. The Morgan fingerprint density at radius 2 is 2.12 bits per heavy atom. The first-order chi connectivity index (χ1) is 7.18. The average Bonchev–Trinajstić information content (AvgIpc) is 2.78. The van der Waals surface area contributed by atoms with E-state index in [1.165, 1.54) is 12.8 Å². The molecule has 1 fully saturated rings. The average molecular weight is 291 g/mol. The van der Waals surface area contributed by atoms with Crippen molar-refractivity contribution < 1.29 is 14.4 Å². The fraction of sp³-hybridized carbons (Fsp3) is 0.600. The molecule has 5 nitrogen and oxygen atoms in total. The molecule has 0 amide bonds. The van der Waals surface area contributed by atoms with Crippen LogP contribution in [0.4, 0.5) is 0 Å². The minimum absolute atomic E-state index is 0. The fourth-order valence-electron chi connectivity index (χ4n) is 1.91. The van der Waals surface area contributed by atoms with Gasteiger partial charge >= 0.3 is 5.97 Å². The second-order valence-corrected chi connectivity index (χ2v) is 3.85. The van der Waals surface area contributed by atoms with Gasteiger partial charge in [-0.3, -0.25) is 4.90 Å². The van der Waals surface area contributed by atoms with Gasteiger partial charge < -0.3 is 9.63 Å². The van der Waals surface area contributed by atoms with Gasteiger partial charge in [0, 0.05) is 12.1 Å². The summed E-state index contributed by atoms with van der Waals surface area (Å²) in [6.07, 6.45) is 2.37. The van der Waals surface area contributed by atoms with Crippen molar-refractivity contribution in [2.45, 2.75) is 26.3 Å². The normalized spacial score (nSPS) is 16.1. The quantitative estimate of drug-likeness (QED) is 0.920. The van der Waals surface area contributed by atoms with Gasteiger partial charge in [-0.05, 0) is 32.9 Å². The van der Waals surface area contributed by atoms with Crippen molar-refractivity contribution >= 4 is 23.0 Å². The lowest BCUT2D eigenvalue weighted by molar-refractivity contribution is 0.0684. The molecule has 1 N–H and O–H groups in total. The highest BCUT2D eigenvalue weighted by Crippen LogP contribution is 2.18. The molecule has 2 rings (SSSR count). The molecule has 1 aliphatic heterocycles. The van der Waals surface area contributed by atoms with Crippen molar-refractivity contribution in [3.8, 4) is 0 Å². The molecule has 90 valence electrons. The van der Waals surface area contributed by atoms with Crippen LogP contribution in [0.1, 0.15) is 34.7 Å². The standard InChI is InChI=1S/C10H14N2O3.BrH/c1-7-8(6-12-4-2-3-5-12)9(10(13)14)11-15-7;/h2-6H2,1H3,(H,13,14);1H. The van der Waals surface area contributed by atoms with Crippen molar-refractivity contribution in [2.24, 2.45) is 0 Å². The highest BCUT2D eigenvalue weighted by atomic mass is 79.9. The Hall–Kier alpha value is -0.880. The number of carboxylic acids is 1. The van der Waals surface area contributed by atoms with Crippen molar-refractivity contribution in [2.75, 3.05) is 13.1 Å². The number of rotatable bonds is 3. The van der Waals surface area contributed by atoms with Crippen molar-refractivity contribution in [3.05, 3.63) is 17.0 Å². The number of likely N-dealkylation sites (tertiary alicyclic amines) is 1. The smallest absolute Gasteiger partial charge is 0.358 e. The zero-order valence-corrected chi connectivity index (χ0v) is 10.8. The van der Waals surface area contributed by atoms with Crippen LogP contribution >= 0.6 is 17.0 Å². The molecule has 6 heteroatoms. The van der Waals surface area contributed by atoms with Crippen LogP contribution in [0.5, 0.6) is 0 Å². The lowest BCUT2D eigenvalue weighted by Crippen LogP contribution is -2.20. The van der Waals surface area contributed by atoms with E-state index in [9.17, 15) is 4.79 Å². The molecule has 1 aromatic rings. The predicted octanol–water partition coefficient (Wildman–Crippen LogP) is 1.85. The van der Waals surface area contributed by atoms with Gasteiger partial charge in [0.2, 0.25) is 0 Å². The SMILES string of the molecule is Br.Cc1onc(C(=O)O)c1CN1CCCC1. The molecular weight excluding hydrogens is 276 g/mol. The Morgan fingerprint density at radius 1 is 1.50 bits per heavy atom. The zero-order valence-electron chi connectivity index (χ0n) is 9.10. The minimum Gasteiger partial charge on any atom is -0.476 e. The van der Waals surface area contributed by atoms with Gasteiger partial charge in [0.1, 0.15) is 5.76 Å². The first kappa shape index (κ1) is 13.2. The first-order valence-electron chi connectivity index (χ1n) is 5.09. The predicted molar refractivity (Wildman–Crippen MR) is 63.0 cm³/mol. The maximum absolute atomic E-state index is 10.9. The van der Waals surface area contributed by atoms with E-state index in [0.29, 0.717) is 17.9 Å². The third kappa shape index (κ3) is 2.62.